The standard InChI is InChI=1S/C35H62N6O12/c1-19(2)18-23(27(44)51-33(6,7)8)36-26(43)25(39-30(46)38-24(20(3)4)28(45)49-15)22(16-17-50-21(5)42)37-29(40-31(47)52-34(9,10)11)41-32(48)53-35(12,13)14/h19-20,22-25H,16-18H2,1-15H3,(H,36,43)(H2,38,39,46)(H2,37,40,41,47,48)/t22-,23-,24-,25-/m0/s1. The van der Waals surface area contributed by atoms with Crippen LogP contribution in [0, 0.1) is 11.8 Å². The number of carbonyl (C=O) groups is 7. The number of esters is 3. The number of carbonyl (C=O) groups excluding carboxylic acids is 7. The Bertz CT molecular complexity index is 1280. The van der Waals surface area contributed by atoms with E-state index in [2.05, 4.69) is 31.6 Å². The van der Waals surface area contributed by atoms with Crippen molar-refractivity contribution < 1.29 is 57.2 Å². The van der Waals surface area contributed by atoms with Crippen LogP contribution in [-0.2, 0) is 42.9 Å². The summed E-state index contributed by atoms with van der Waals surface area (Å²) in [6.07, 6.45) is -2.22. The smallest absolute Gasteiger partial charge is 0.414 e. The summed E-state index contributed by atoms with van der Waals surface area (Å²) in [5.41, 5.74) is -2.85. The van der Waals surface area contributed by atoms with Crippen molar-refractivity contribution in [3.05, 3.63) is 0 Å². The molecule has 0 heterocycles. The molecule has 304 valence electrons. The summed E-state index contributed by atoms with van der Waals surface area (Å²) in [4.78, 5) is 95.4. The lowest BCUT2D eigenvalue weighted by molar-refractivity contribution is -0.159. The summed E-state index contributed by atoms with van der Waals surface area (Å²) in [5.74, 6) is -4.21. The highest BCUT2D eigenvalue weighted by Crippen LogP contribution is 2.16. The first kappa shape index (κ1) is 48.4. The van der Waals surface area contributed by atoms with Crippen LogP contribution in [0.2, 0.25) is 0 Å². The molecule has 0 radical (unpaired) electrons. The van der Waals surface area contributed by atoms with Gasteiger partial charge in [0.05, 0.1) is 19.8 Å². The first-order valence-electron chi connectivity index (χ1n) is 17.4. The van der Waals surface area contributed by atoms with Gasteiger partial charge in [0.15, 0.2) is 0 Å². The number of alkyl carbamates (subject to hydrolysis) is 2. The van der Waals surface area contributed by atoms with E-state index in [0.717, 1.165) is 14.0 Å². The number of rotatable bonds is 14. The van der Waals surface area contributed by atoms with Gasteiger partial charge in [-0.1, -0.05) is 27.7 Å². The van der Waals surface area contributed by atoms with Crippen LogP contribution in [0.3, 0.4) is 0 Å². The quantitative estimate of drug-likeness (QED) is 0.0741. The molecule has 0 bridgehead atoms. The van der Waals surface area contributed by atoms with Crippen LogP contribution >= 0.6 is 0 Å². The minimum atomic E-state index is -1.70. The number of guanidine groups is 1. The Labute approximate surface area is 312 Å². The minimum Gasteiger partial charge on any atom is -0.467 e. The first-order chi connectivity index (χ1) is 24.0. The van der Waals surface area contributed by atoms with Crippen LogP contribution in [0.25, 0.3) is 0 Å². The molecule has 0 aromatic carbocycles. The summed E-state index contributed by atoms with van der Waals surface area (Å²) < 4.78 is 26.1. The third-order valence-corrected chi connectivity index (χ3v) is 6.33. The van der Waals surface area contributed by atoms with Crippen molar-refractivity contribution in [2.24, 2.45) is 16.8 Å². The Morgan fingerprint density at radius 2 is 1.13 bits per heavy atom. The predicted octanol–water partition coefficient (Wildman–Crippen LogP) is 3.45. The topological polar surface area (TPSA) is 238 Å². The first-order valence-corrected chi connectivity index (χ1v) is 17.4. The van der Waals surface area contributed by atoms with Crippen LogP contribution in [0.4, 0.5) is 14.4 Å². The number of hydrogen-bond donors (Lipinski definition) is 5. The second kappa shape index (κ2) is 21.2. The molecule has 5 N–H and O–H groups in total. The molecule has 18 heteroatoms. The minimum absolute atomic E-state index is 0.102. The molecule has 0 rings (SSSR count). The Kier molecular flexibility index (Phi) is 19.3. The maximum Gasteiger partial charge on any atom is 0.414 e. The third-order valence-electron chi connectivity index (χ3n) is 6.33. The van der Waals surface area contributed by atoms with E-state index in [9.17, 15) is 33.6 Å². The molecule has 0 saturated carbocycles. The van der Waals surface area contributed by atoms with E-state index in [0.29, 0.717) is 0 Å². The molecule has 0 saturated heterocycles. The van der Waals surface area contributed by atoms with Gasteiger partial charge in [-0.3, -0.25) is 20.2 Å². The van der Waals surface area contributed by atoms with E-state index in [1.54, 1.807) is 76.2 Å². The van der Waals surface area contributed by atoms with E-state index in [1.807, 2.05) is 13.8 Å². The highest BCUT2D eigenvalue weighted by Gasteiger charge is 2.37. The maximum atomic E-state index is 14.2. The molecule has 0 aliphatic rings. The van der Waals surface area contributed by atoms with E-state index in [4.69, 9.17) is 23.7 Å². The van der Waals surface area contributed by atoms with Gasteiger partial charge in [-0.2, -0.15) is 0 Å². The summed E-state index contributed by atoms with van der Waals surface area (Å²) in [6.45, 7) is 22.4. The Morgan fingerprint density at radius 1 is 0.660 bits per heavy atom. The zero-order valence-electron chi connectivity index (χ0n) is 33.9. The fourth-order valence-electron chi connectivity index (χ4n) is 4.30. The summed E-state index contributed by atoms with van der Waals surface area (Å²) in [5, 5.41) is 12.3. The Balaban J connectivity index is 7.40. The SMILES string of the molecule is COC(=O)[C@@H](NC(=O)N[C@H](C(=O)N[C@@H](CC(C)C)C(=O)OC(C)(C)C)[C@H](CCOC(C)=O)N=C(NC(=O)OC(C)(C)C)NC(=O)OC(C)(C)C)C(C)C. The van der Waals surface area contributed by atoms with E-state index in [-0.39, 0.29) is 25.4 Å². The number of urea groups is 1. The number of aliphatic imine (C=N–C) groups is 1. The van der Waals surface area contributed by atoms with Gasteiger partial charge in [-0.05, 0) is 80.6 Å². The molecule has 0 unspecified atom stereocenters. The average Bonchev–Trinajstić information content (AvgIpc) is 2.93. The zero-order valence-corrected chi connectivity index (χ0v) is 33.9. The number of nitrogens with one attached hydrogen (secondary N) is 5. The normalized spacial score (nSPS) is 14.0. The molecule has 0 aromatic heterocycles. The Hall–Kier alpha value is -4.64. The van der Waals surface area contributed by atoms with Gasteiger partial charge in [0.1, 0.15) is 34.9 Å². The zero-order chi connectivity index (χ0) is 41.5. The second-order valence-electron chi connectivity index (χ2n) is 16.0. The monoisotopic (exact) mass is 758 g/mol. The largest absolute Gasteiger partial charge is 0.467 e. The van der Waals surface area contributed by atoms with Crippen molar-refractivity contribution in [1.29, 1.82) is 0 Å². The van der Waals surface area contributed by atoms with Gasteiger partial charge in [0.25, 0.3) is 0 Å². The van der Waals surface area contributed by atoms with Crippen LogP contribution in [-0.4, -0.2) is 103 Å². The van der Waals surface area contributed by atoms with Crippen molar-refractivity contribution in [2.75, 3.05) is 13.7 Å². The number of hydrogen-bond acceptors (Lipinski definition) is 13. The lowest BCUT2D eigenvalue weighted by Gasteiger charge is -2.30. The lowest BCUT2D eigenvalue weighted by atomic mass is 10.0. The summed E-state index contributed by atoms with van der Waals surface area (Å²) in [7, 11) is 1.15. The molecule has 0 aliphatic heterocycles. The summed E-state index contributed by atoms with van der Waals surface area (Å²) in [6, 6.07) is -6.48. The maximum absolute atomic E-state index is 14.2. The molecule has 18 nitrogen and oxygen atoms in total. The van der Waals surface area contributed by atoms with Crippen LogP contribution in [0.5, 0.6) is 0 Å². The van der Waals surface area contributed by atoms with E-state index in [1.165, 1.54) is 0 Å². The predicted molar refractivity (Wildman–Crippen MR) is 195 cm³/mol. The van der Waals surface area contributed by atoms with Crippen molar-refractivity contribution in [3.8, 4) is 0 Å². The van der Waals surface area contributed by atoms with Gasteiger partial charge < -0.3 is 39.6 Å². The highest BCUT2D eigenvalue weighted by atomic mass is 16.6. The molecule has 0 aromatic rings. The number of amides is 5. The molecule has 4 atom stereocenters. The van der Waals surface area contributed by atoms with Crippen molar-refractivity contribution in [3.63, 3.8) is 0 Å². The van der Waals surface area contributed by atoms with Gasteiger partial charge in [-0.15, -0.1) is 0 Å². The number of ether oxygens (including phenoxy) is 5. The molecule has 0 aliphatic carbocycles. The lowest BCUT2D eigenvalue weighted by Crippen LogP contribution is -2.60. The van der Waals surface area contributed by atoms with Gasteiger partial charge in [-0.25, -0.2) is 29.0 Å². The average molecular weight is 759 g/mol. The molecule has 5 amide bonds. The van der Waals surface area contributed by atoms with Gasteiger partial charge in [0, 0.05) is 13.3 Å². The highest BCUT2D eigenvalue weighted by molar-refractivity contribution is 6.02. The second-order valence-corrected chi connectivity index (χ2v) is 16.0. The van der Waals surface area contributed by atoms with Gasteiger partial charge >= 0.3 is 36.1 Å². The van der Waals surface area contributed by atoms with Gasteiger partial charge in [0.2, 0.25) is 11.9 Å². The number of methoxy groups -OCH3 is 1. The fourth-order valence-corrected chi connectivity index (χ4v) is 4.30. The van der Waals surface area contributed by atoms with E-state index < -0.39 is 94.9 Å². The fraction of sp³-hybridized carbons (Fsp3) is 0.771. The molecule has 0 fully saturated rings. The summed E-state index contributed by atoms with van der Waals surface area (Å²) >= 11 is 0. The molecule has 53 heavy (non-hydrogen) atoms. The molecule has 0 spiro atoms. The third kappa shape index (κ3) is 22.1. The number of nitrogens with zero attached hydrogens (tertiary/aromatic N) is 1. The van der Waals surface area contributed by atoms with Crippen LogP contribution in [0.1, 0.15) is 110 Å². The molecular weight excluding hydrogens is 696 g/mol. The van der Waals surface area contributed by atoms with Crippen LogP contribution in [0.15, 0.2) is 4.99 Å². The van der Waals surface area contributed by atoms with Crippen molar-refractivity contribution >= 4 is 48.0 Å². The van der Waals surface area contributed by atoms with Crippen molar-refractivity contribution in [2.45, 2.75) is 151 Å². The Morgan fingerprint density at radius 3 is 1.53 bits per heavy atom. The van der Waals surface area contributed by atoms with Crippen molar-refractivity contribution in [1.82, 2.24) is 26.6 Å². The molecular formula is C35H62N6O12. The van der Waals surface area contributed by atoms with Crippen LogP contribution < -0.4 is 26.6 Å². The van der Waals surface area contributed by atoms with E-state index >= 15 is 0 Å².